The van der Waals surface area contributed by atoms with Gasteiger partial charge in [0.15, 0.2) is 3.92 Å². The summed E-state index contributed by atoms with van der Waals surface area (Å²) in [7, 11) is 0. The molecule has 11 nitrogen and oxygen atoms in total. The molecule has 7 rings (SSSR count). The summed E-state index contributed by atoms with van der Waals surface area (Å²) in [5.74, 6) is 0. The minimum Gasteiger partial charge on any atom is -0.451 e. The Morgan fingerprint density at radius 3 is 1.33 bits per heavy atom. The van der Waals surface area contributed by atoms with Crippen LogP contribution in [0.3, 0.4) is 0 Å². The van der Waals surface area contributed by atoms with Crippen LogP contribution in [0.5, 0.6) is 0 Å². The third-order valence-corrected chi connectivity index (χ3v) is 13.9. The highest BCUT2D eigenvalue weighted by Crippen LogP contribution is 2.33. The van der Waals surface area contributed by atoms with Crippen molar-refractivity contribution in [3.63, 3.8) is 0 Å². The van der Waals surface area contributed by atoms with Crippen molar-refractivity contribution in [1.82, 2.24) is 15.0 Å². The maximum Gasteiger partial charge on any atom is 0.411 e. The molecule has 0 aliphatic heterocycles. The number of aromatic nitrogens is 3. The number of carbonyl (C=O) groups excluding carboxylic acids is 2. The zero-order valence-electron chi connectivity index (χ0n) is 37.5. The molecule has 0 aliphatic carbocycles. The van der Waals surface area contributed by atoms with Crippen LogP contribution in [0, 0.1) is 34.6 Å². The molecule has 0 radical (unpaired) electrons. The van der Waals surface area contributed by atoms with E-state index in [1.54, 1.807) is 60.3 Å². The Balaban J connectivity index is 0.000000286. The number of hydrogen-bond donors (Lipinski definition) is 4. The van der Waals surface area contributed by atoms with E-state index in [-0.39, 0.29) is 12.2 Å². The number of benzene rings is 4. The second-order valence-corrected chi connectivity index (χ2v) is 24.0. The van der Waals surface area contributed by atoms with E-state index < -0.39 is 11.5 Å². The van der Waals surface area contributed by atoms with Crippen molar-refractivity contribution in [2.24, 2.45) is 0 Å². The largest absolute Gasteiger partial charge is 0.451 e. The van der Waals surface area contributed by atoms with Crippen LogP contribution in [0.1, 0.15) is 55.5 Å². The number of amides is 1. The average Bonchev–Trinajstić information content (AvgIpc) is 3.95. The van der Waals surface area contributed by atoms with E-state index in [9.17, 15) is 9.59 Å². The Morgan fingerprint density at radius 1 is 0.561 bits per heavy atom. The molecular formula is C46H51Br5ClN7O4S3. The van der Waals surface area contributed by atoms with Crippen molar-refractivity contribution in [1.29, 1.82) is 0 Å². The number of anilines is 4. The van der Waals surface area contributed by atoms with Crippen molar-refractivity contribution >= 4 is 160 Å². The summed E-state index contributed by atoms with van der Waals surface area (Å²) < 4.78 is 14.5. The molecule has 7 N–H and O–H groups in total. The van der Waals surface area contributed by atoms with Crippen LogP contribution in [0.15, 0.2) is 111 Å². The van der Waals surface area contributed by atoms with Gasteiger partial charge in [-0.25, -0.2) is 24.5 Å². The molecule has 0 atom stereocenters. The van der Waals surface area contributed by atoms with Gasteiger partial charge in [0.1, 0.15) is 10.0 Å². The van der Waals surface area contributed by atoms with Crippen molar-refractivity contribution in [2.45, 2.75) is 74.5 Å². The molecule has 0 fully saturated rings. The monoisotopic (exact) mass is 1290 g/mol. The van der Waals surface area contributed by atoms with Gasteiger partial charge in [0.25, 0.3) is 0 Å². The first-order chi connectivity index (χ1) is 30.9. The quantitative estimate of drug-likeness (QED) is 0.0956. The fourth-order valence-corrected chi connectivity index (χ4v) is 10.1. The molecule has 3 aromatic heterocycles. The van der Waals surface area contributed by atoms with Crippen LogP contribution in [-0.4, -0.2) is 38.7 Å². The Morgan fingerprint density at radius 2 is 1.00 bits per heavy atom. The molecule has 0 bridgehead atoms. The smallest absolute Gasteiger partial charge is 0.411 e. The third kappa shape index (κ3) is 23.6. The van der Waals surface area contributed by atoms with Crippen molar-refractivity contribution in [3.05, 3.63) is 139 Å². The van der Waals surface area contributed by atoms with Crippen LogP contribution in [0.25, 0.3) is 21.1 Å². The lowest BCUT2D eigenvalue weighted by Gasteiger charge is -2.11. The molecule has 0 aliphatic rings. The maximum absolute atomic E-state index is 11.5. The maximum atomic E-state index is 11.5. The van der Waals surface area contributed by atoms with E-state index in [1.165, 1.54) is 16.7 Å². The zero-order chi connectivity index (χ0) is 49.7. The summed E-state index contributed by atoms with van der Waals surface area (Å²) >= 11 is 26.2. The SMILES string of the molecule is Brc1cnc(Br)s1.CC(C)OC(=O)Cl.Cc1cc(N)ccc1-c1ncc(Br)s1.Cc1cc(N)ccc1Br.Cc1cc(NC(=O)OC(C)C)ccc1-c1ncc(Br)s1.Cc1ccc(N)cc1C. The normalized spacial score (nSPS) is 10.0. The number of rotatable bonds is 5. The number of nitrogen functional groups attached to an aromatic ring is 3. The van der Waals surface area contributed by atoms with Gasteiger partial charge in [-0.3, -0.25) is 5.32 Å². The molecule has 20 heteroatoms. The molecule has 7 aromatic rings. The van der Waals surface area contributed by atoms with Crippen LogP contribution < -0.4 is 22.5 Å². The Labute approximate surface area is 446 Å². The van der Waals surface area contributed by atoms with Gasteiger partial charge in [-0.2, -0.15) is 0 Å². The minimum atomic E-state index is -0.741. The van der Waals surface area contributed by atoms with Gasteiger partial charge in [0.2, 0.25) is 0 Å². The van der Waals surface area contributed by atoms with E-state index in [0.717, 1.165) is 69.1 Å². The summed E-state index contributed by atoms with van der Waals surface area (Å²) in [6.45, 7) is 17.3. The minimum absolute atomic E-state index is 0.106. The number of nitrogens with zero attached hydrogens (tertiary/aromatic N) is 3. The van der Waals surface area contributed by atoms with E-state index >= 15 is 0 Å². The molecular weight excluding hydrogens is 1250 g/mol. The van der Waals surface area contributed by atoms with Crippen molar-refractivity contribution in [2.75, 3.05) is 22.5 Å². The van der Waals surface area contributed by atoms with Gasteiger partial charge in [-0.15, -0.1) is 34.0 Å². The number of nitrogens with one attached hydrogen (secondary N) is 1. The third-order valence-electron chi connectivity index (χ3n) is 7.97. The average molecular weight is 1300 g/mol. The summed E-state index contributed by atoms with van der Waals surface area (Å²) in [5.41, 5.74) is 27.3. The fourth-order valence-electron chi connectivity index (χ4n) is 4.88. The van der Waals surface area contributed by atoms with Crippen LogP contribution >= 0.6 is 125 Å². The van der Waals surface area contributed by atoms with Gasteiger partial charge in [0, 0.05) is 50.0 Å². The highest BCUT2D eigenvalue weighted by Gasteiger charge is 2.10. The van der Waals surface area contributed by atoms with Crippen molar-refractivity contribution in [3.8, 4) is 21.1 Å². The second-order valence-electron chi connectivity index (χ2n) is 14.3. The van der Waals surface area contributed by atoms with E-state index in [2.05, 4.69) is 119 Å². The van der Waals surface area contributed by atoms with Crippen LogP contribution in [0.2, 0.25) is 0 Å². The number of halogens is 6. The predicted molar refractivity (Wildman–Crippen MR) is 298 cm³/mol. The molecule has 4 aromatic carbocycles. The van der Waals surface area contributed by atoms with E-state index in [1.807, 2.05) is 114 Å². The first kappa shape index (κ1) is 58.7. The summed E-state index contributed by atoms with van der Waals surface area (Å²) in [6, 6.07) is 23.3. The first-order valence-electron chi connectivity index (χ1n) is 19.6. The number of aryl methyl sites for hydroxylation is 5. The van der Waals surface area contributed by atoms with Gasteiger partial charge >= 0.3 is 11.5 Å². The highest BCUT2D eigenvalue weighted by atomic mass is 79.9. The summed E-state index contributed by atoms with van der Waals surface area (Å²) in [5, 5.41) is 4.68. The molecule has 0 saturated carbocycles. The molecule has 3 heterocycles. The Kier molecular flexibility index (Phi) is 26.8. The second kappa shape index (κ2) is 30.2. The number of nitrogens with two attached hydrogens (primary N) is 3. The molecule has 354 valence electrons. The first-order valence-corrected chi connectivity index (χ1v) is 26.4. The van der Waals surface area contributed by atoms with Gasteiger partial charge in [-0.1, -0.05) is 22.0 Å². The number of carbonyl (C=O) groups is 2. The molecule has 1 amide bonds. The number of hydrogen-bond acceptors (Lipinski definition) is 13. The van der Waals surface area contributed by atoms with Crippen LogP contribution in [-0.2, 0) is 9.47 Å². The van der Waals surface area contributed by atoms with Gasteiger partial charge < -0.3 is 26.7 Å². The van der Waals surface area contributed by atoms with Crippen LogP contribution in [0.4, 0.5) is 32.3 Å². The Hall–Kier alpha value is -3.40. The highest BCUT2D eigenvalue weighted by molar-refractivity contribution is 9.12. The van der Waals surface area contributed by atoms with Crippen molar-refractivity contribution < 1.29 is 19.1 Å². The molecule has 0 unspecified atom stereocenters. The number of thiazole rings is 3. The molecule has 0 saturated heterocycles. The standard InChI is InChI=1S/C14H15BrN2O2S.C10H9BrN2S.C8H11N.C7H8BrN.C4H7ClO2.C3HBr2NS/c1-8(2)19-14(18)17-10-4-5-11(9(3)6-10)13-16-7-12(15)20-13;1-6-4-7(12)2-3-8(6)10-13-5-9(11)14-10;1-6-3-4-8(9)5-7(6)2;1-5-4-6(9)2-3-7(5)8;1-3(2)7-4(5)6;4-2-1-6-3(5)7-2/h4-8H,1-3H3,(H,17,18);2-5H,12H2,1H3;3-5H,9H2,1-2H3;2-4H,9H2,1H3;3H,1-2H3;1H. The number of ether oxygens (including phenoxy) is 2. The van der Waals surface area contributed by atoms with Gasteiger partial charge in [0.05, 0.1) is 42.2 Å². The molecule has 66 heavy (non-hydrogen) atoms. The lowest BCUT2D eigenvalue weighted by Crippen LogP contribution is -2.17. The van der Waals surface area contributed by atoms with Gasteiger partial charge in [-0.05, 0) is 221 Å². The predicted octanol–water partition coefficient (Wildman–Crippen LogP) is 17.0. The zero-order valence-corrected chi connectivity index (χ0v) is 48.6. The molecule has 0 spiro atoms. The van der Waals surface area contributed by atoms with E-state index in [0.29, 0.717) is 5.69 Å². The summed E-state index contributed by atoms with van der Waals surface area (Å²) in [4.78, 5) is 33.9. The fraction of sp³-hybridized carbons (Fsp3) is 0.239. The lowest BCUT2D eigenvalue weighted by atomic mass is 10.1. The lowest BCUT2D eigenvalue weighted by molar-refractivity contribution is 0.130. The summed E-state index contributed by atoms with van der Waals surface area (Å²) in [6.07, 6.45) is 4.67. The topological polar surface area (TPSA) is 181 Å². The van der Waals surface area contributed by atoms with E-state index in [4.69, 9.17) is 33.5 Å². The Bertz CT molecular complexity index is 2560.